The highest BCUT2D eigenvalue weighted by Gasteiger charge is 2.22. The predicted molar refractivity (Wildman–Crippen MR) is 87.2 cm³/mol. The number of aromatic nitrogens is 2. The molecule has 6 nitrogen and oxygen atoms in total. The van der Waals surface area contributed by atoms with Crippen molar-refractivity contribution in [3.8, 4) is 0 Å². The van der Waals surface area contributed by atoms with Crippen LogP contribution in [0.2, 0.25) is 0 Å². The largest absolute Gasteiger partial charge is 0.454 e. The van der Waals surface area contributed by atoms with Crippen molar-refractivity contribution in [2.75, 3.05) is 19.6 Å². The zero-order valence-electron chi connectivity index (χ0n) is 13.5. The van der Waals surface area contributed by atoms with E-state index in [0.29, 0.717) is 12.3 Å². The Morgan fingerprint density at radius 3 is 2.96 bits per heavy atom. The number of rotatable bonds is 6. The monoisotopic (exact) mass is 316 g/mol. The lowest BCUT2D eigenvalue weighted by molar-refractivity contribution is 0.0917. The highest BCUT2D eigenvalue weighted by atomic mass is 16.4. The number of aromatic amines is 1. The Morgan fingerprint density at radius 1 is 1.39 bits per heavy atom. The smallest absolute Gasteiger partial charge is 0.287 e. The lowest BCUT2D eigenvalue weighted by Crippen LogP contribution is -2.32. The first-order chi connectivity index (χ1) is 11.2. The highest BCUT2D eigenvalue weighted by Crippen LogP contribution is 2.25. The number of furan rings is 1. The number of likely N-dealkylation sites (tertiary alicyclic amines) is 1. The summed E-state index contributed by atoms with van der Waals surface area (Å²) in [5.41, 5.74) is 1.00. The number of H-pyrrole nitrogens is 1. The molecule has 0 radical (unpaired) electrons. The second-order valence-electron chi connectivity index (χ2n) is 6.06. The number of carbonyl (C=O) groups excluding carboxylic acids is 1. The Morgan fingerprint density at radius 2 is 2.22 bits per heavy atom. The van der Waals surface area contributed by atoms with Crippen LogP contribution in [0.4, 0.5) is 0 Å². The van der Waals surface area contributed by atoms with Crippen LogP contribution in [-0.4, -0.2) is 40.4 Å². The minimum absolute atomic E-state index is 0.165. The average Bonchev–Trinajstić information content (AvgIpc) is 3.26. The maximum absolute atomic E-state index is 12.1. The van der Waals surface area contributed by atoms with Crippen molar-refractivity contribution >= 4 is 5.91 Å². The van der Waals surface area contributed by atoms with Crippen LogP contribution >= 0.6 is 0 Å². The molecule has 6 heteroatoms. The van der Waals surface area contributed by atoms with E-state index >= 15 is 0 Å². The second kappa shape index (κ2) is 7.46. The summed E-state index contributed by atoms with van der Waals surface area (Å²) in [7, 11) is 0. The molecule has 3 heterocycles. The summed E-state index contributed by atoms with van der Waals surface area (Å²) in [6.07, 6.45) is 7.92. The topological polar surface area (TPSA) is 74.2 Å². The Balaban J connectivity index is 1.52. The third kappa shape index (κ3) is 4.01. The molecule has 0 aliphatic carbocycles. The van der Waals surface area contributed by atoms with Crippen molar-refractivity contribution in [2.24, 2.45) is 0 Å². The van der Waals surface area contributed by atoms with Gasteiger partial charge < -0.3 is 14.7 Å². The highest BCUT2D eigenvalue weighted by molar-refractivity contribution is 5.91. The van der Waals surface area contributed by atoms with Gasteiger partial charge in [-0.1, -0.05) is 6.42 Å². The molecule has 1 atom stereocenters. The van der Waals surface area contributed by atoms with E-state index in [1.807, 2.05) is 6.07 Å². The Labute approximate surface area is 136 Å². The minimum atomic E-state index is -0.165. The minimum Gasteiger partial charge on any atom is -0.454 e. The molecule has 2 aromatic rings. The quantitative estimate of drug-likeness (QED) is 0.859. The van der Waals surface area contributed by atoms with E-state index < -0.39 is 0 Å². The second-order valence-corrected chi connectivity index (χ2v) is 6.06. The van der Waals surface area contributed by atoms with E-state index in [0.717, 1.165) is 31.0 Å². The first kappa shape index (κ1) is 15.8. The number of imidazole rings is 1. The molecule has 0 aromatic carbocycles. The first-order valence-electron chi connectivity index (χ1n) is 8.33. The normalized spacial score (nSPS) is 17.1. The molecule has 2 aromatic heterocycles. The van der Waals surface area contributed by atoms with Gasteiger partial charge in [-0.15, -0.1) is 0 Å². The van der Waals surface area contributed by atoms with Crippen molar-refractivity contribution in [1.29, 1.82) is 0 Å². The van der Waals surface area contributed by atoms with Crippen molar-refractivity contribution in [3.05, 3.63) is 41.9 Å². The van der Waals surface area contributed by atoms with Gasteiger partial charge in [0.15, 0.2) is 5.76 Å². The molecule has 124 valence electrons. The fourth-order valence-electron chi connectivity index (χ4n) is 3.00. The zero-order valence-corrected chi connectivity index (χ0v) is 13.5. The molecule has 23 heavy (non-hydrogen) atoms. The van der Waals surface area contributed by atoms with E-state index in [9.17, 15) is 4.79 Å². The standard InChI is InChI=1S/C17H24N4O2/c1-13(21-9-3-2-4-10-21)15-5-6-16(23-15)17(22)19-8-7-14-11-18-12-20-14/h5-6,11-13H,2-4,7-10H2,1H3,(H,18,20)(H,19,22)/t13-/m0/s1. The van der Waals surface area contributed by atoms with Crippen LogP contribution in [0.25, 0.3) is 0 Å². The molecule has 0 spiro atoms. The van der Waals surface area contributed by atoms with Gasteiger partial charge in [-0.3, -0.25) is 9.69 Å². The number of nitrogens with one attached hydrogen (secondary N) is 2. The van der Waals surface area contributed by atoms with Crippen LogP contribution in [0, 0.1) is 0 Å². The number of nitrogens with zero attached hydrogens (tertiary/aromatic N) is 2. The average molecular weight is 316 g/mol. The van der Waals surface area contributed by atoms with Gasteiger partial charge in [-0.2, -0.15) is 0 Å². The van der Waals surface area contributed by atoms with Crippen LogP contribution in [0.3, 0.4) is 0 Å². The van der Waals surface area contributed by atoms with E-state index in [-0.39, 0.29) is 11.9 Å². The van der Waals surface area contributed by atoms with Gasteiger partial charge >= 0.3 is 0 Å². The molecule has 0 unspecified atom stereocenters. The third-order valence-corrected chi connectivity index (χ3v) is 4.44. The van der Waals surface area contributed by atoms with E-state index in [1.165, 1.54) is 19.3 Å². The molecule has 1 saturated heterocycles. The Hall–Kier alpha value is -2.08. The number of piperidine rings is 1. The fraction of sp³-hybridized carbons (Fsp3) is 0.529. The summed E-state index contributed by atoms with van der Waals surface area (Å²) in [6.45, 7) is 4.91. The summed E-state index contributed by atoms with van der Waals surface area (Å²) in [6, 6.07) is 3.91. The van der Waals surface area contributed by atoms with Gasteiger partial charge in [0.25, 0.3) is 5.91 Å². The van der Waals surface area contributed by atoms with Gasteiger partial charge in [0.2, 0.25) is 0 Å². The molecule has 0 saturated carbocycles. The lowest BCUT2D eigenvalue weighted by atomic mass is 10.1. The number of carbonyl (C=O) groups is 1. The maximum atomic E-state index is 12.1. The summed E-state index contributed by atoms with van der Waals surface area (Å²) in [5.74, 6) is 1.08. The van der Waals surface area contributed by atoms with Gasteiger partial charge in [0, 0.05) is 24.9 Å². The summed E-state index contributed by atoms with van der Waals surface area (Å²) >= 11 is 0. The molecular weight excluding hydrogens is 292 g/mol. The van der Waals surface area contributed by atoms with Crippen molar-refractivity contribution in [2.45, 2.75) is 38.6 Å². The molecular formula is C17H24N4O2. The maximum Gasteiger partial charge on any atom is 0.287 e. The molecule has 1 aliphatic rings. The van der Waals surface area contributed by atoms with E-state index in [2.05, 4.69) is 27.1 Å². The molecule has 0 bridgehead atoms. The van der Waals surface area contributed by atoms with Gasteiger partial charge in [-0.05, 0) is 45.0 Å². The fourth-order valence-corrected chi connectivity index (χ4v) is 3.00. The van der Waals surface area contributed by atoms with E-state index in [1.54, 1.807) is 18.6 Å². The molecule has 1 fully saturated rings. The number of hydrogen-bond acceptors (Lipinski definition) is 4. The summed E-state index contributed by atoms with van der Waals surface area (Å²) in [5, 5.41) is 2.87. The number of amides is 1. The van der Waals surface area contributed by atoms with Crippen LogP contribution in [-0.2, 0) is 6.42 Å². The zero-order chi connectivity index (χ0) is 16.1. The first-order valence-corrected chi connectivity index (χ1v) is 8.33. The van der Waals surface area contributed by atoms with Crippen LogP contribution < -0.4 is 5.32 Å². The lowest BCUT2D eigenvalue weighted by Gasteiger charge is -2.31. The van der Waals surface area contributed by atoms with Gasteiger partial charge in [0.05, 0.1) is 12.4 Å². The third-order valence-electron chi connectivity index (χ3n) is 4.44. The molecule has 3 rings (SSSR count). The number of hydrogen-bond donors (Lipinski definition) is 2. The Kier molecular flexibility index (Phi) is 5.12. The molecule has 1 amide bonds. The SMILES string of the molecule is C[C@@H](c1ccc(C(=O)NCCc2cnc[nH]2)o1)N1CCCCC1. The van der Waals surface area contributed by atoms with Gasteiger partial charge in [0.1, 0.15) is 5.76 Å². The van der Waals surface area contributed by atoms with Crippen molar-refractivity contribution in [3.63, 3.8) is 0 Å². The van der Waals surface area contributed by atoms with Crippen LogP contribution in [0.5, 0.6) is 0 Å². The molecule has 2 N–H and O–H groups in total. The predicted octanol–water partition coefficient (Wildman–Crippen LogP) is 2.52. The van der Waals surface area contributed by atoms with E-state index in [4.69, 9.17) is 4.42 Å². The van der Waals surface area contributed by atoms with Crippen LogP contribution in [0.15, 0.2) is 29.1 Å². The summed E-state index contributed by atoms with van der Waals surface area (Å²) < 4.78 is 5.77. The van der Waals surface area contributed by atoms with Gasteiger partial charge in [-0.25, -0.2) is 4.98 Å². The van der Waals surface area contributed by atoms with Crippen molar-refractivity contribution in [1.82, 2.24) is 20.2 Å². The molecule has 1 aliphatic heterocycles. The van der Waals surface area contributed by atoms with Crippen LogP contribution in [0.1, 0.15) is 54.2 Å². The Bertz CT molecular complexity index is 614. The van der Waals surface area contributed by atoms with Crippen molar-refractivity contribution < 1.29 is 9.21 Å². The summed E-state index contributed by atoms with van der Waals surface area (Å²) in [4.78, 5) is 21.5.